The molecule has 0 saturated carbocycles. The lowest BCUT2D eigenvalue weighted by Crippen LogP contribution is -2.44. The van der Waals surface area contributed by atoms with Crippen molar-refractivity contribution in [3.8, 4) is 0 Å². The molecule has 0 bridgehead atoms. The highest BCUT2D eigenvalue weighted by Crippen LogP contribution is 2.27. The van der Waals surface area contributed by atoms with Gasteiger partial charge in [-0.1, -0.05) is 53.9 Å². The molecular formula is C27H27Cl2N5O5S2. The Morgan fingerprint density at radius 1 is 0.976 bits per heavy atom. The number of carboxylic acids is 1. The van der Waals surface area contributed by atoms with Gasteiger partial charge in [0.25, 0.3) is 5.91 Å². The van der Waals surface area contributed by atoms with E-state index in [-0.39, 0.29) is 37.7 Å². The Morgan fingerprint density at radius 2 is 1.61 bits per heavy atom. The first kappa shape index (κ1) is 30.7. The number of nitrogens with one attached hydrogen (secondary N) is 3. The van der Waals surface area contributed by atoms with Crippen molar-refractivity contribution in [2.24, 2.45) is 0 Å². The number of carbonyl (C=O) groups excluding carboxylic acids is 1. The van der Waals surface area contributed by atoms with Gasteiger partial charge in [0.15, 0.2) is 5.11 Å². The second-order valence-corrected chi connectivity index (χ2v) is 12.4. The van der Waals surface area contributed by atoms with Crippen molar-refractivity contribution in [3.05, 3.63) is 82.1 Å². The number of aliphatic carboxylic acids is 1. The molecule has 1 amide bonds. The van der Waals surface area contributed by atoms with Crippen LogP contribution in [0.5, 0.6) is 0 Å². The van der Waals surface area contributed by atoms with E-state index in [4.69, 9.17) is 35.4 Å². The number of anilines is 2. The number of carboxylic acid groups (broad SMARTS) is 1. The Labute approximate surface area is 253 Å². The van der Waals surface area contributed by atoms with Gasteiger partial charge in [-0.15, -0.1) is 0 Å². The maximum absolute atomic E-state index is 13.3. The fourth-order valence-electron chi connectivity index (χ4n) is 4.34. The molecule has 2 aromatic carbocycles. The normalized spacial score (nSPS) is 14.6. The molecule has 41 heavy (non-hydrogen) atoms. The Balaban J connectivity index is 1.41. The Hall–Kier alpha value is -3.29. The van der Waals surface area contributed by atoms with E-state index in [0.29, 0.717) is 24.3 Å². The molecule has 1 aromatic heterocycles. The quantitative estimate of drug-likeness (QED) is 0.244. The van der Waals surface area contributed by atoms with Crippen molar-refractivity contribution >= 4 is 73.8 Å². The van der Waals surface area contributed by atoms with E-state index in [0.717, 1.165) is 19.3 Å². The van der Waals surface area contributed by atoms with Crippen LogP contribution in [0, 0.1) is 0 Å². The zero-order valence-electron chi connectivity index (χ0n) is 21.6. The zero-order chi connectivity index (χ0) is 29.6. The van der Waals surface area contributed by atoms with Crippen LogP contribution in [0.25, 0.3) is 0 Å². The highest BCUT2D eigenvalue weighted by Gasteiger charge is 2.28. The standard InChI is InChI=1S/C27H27Cl2N5O5S2/c28-19-15-30-16-20(29)24(19)25(35)31-18-10-8-17(9-11-18)14-22(26(36)37)33-27(40)32-21-6-2-3-7-23(21)41(38,39)34-12-4-1-5-13-34/h2-3,6-11,15-16,22H,1,4-5,12-14H2,(H,31,35)(H,36,37)(H2,32,33,40). The number of hydrogen-bond acceptors (Lipinski definition) is 6. The minimum atomic E-state index is -3.75. The van der Waals surface area contributed by atoms with Crippen molar-refractivity contribution in [2.45, 2.75) is 36.6 Å². The van der Waals surface area contributed by atoms with Gasteiger partial charge in [0.1, 0.15) is 10.9 Å². The lowest BCUT2D eigenvalue weighted by atomic mass is 10.1. The van der Waals surface area contributed by atoms with Crippen molar-refractivity contribution < 1.29 is 23.1 Å². The summed E-state index contributed by atoms with van der Waals surface area (Å²) in [7, 11) is -3.75. The van der Waals surface area contributed by atoms with E-state index in [9.17, 15) is 23.1 Å². The highest BCUT2D eigenvalue weighted by molar-refractivity contribution is 7.89. The molecule has 10 nitrogen and oxygen atoms in total. The van der Waals surface area contributed by atoms with Gasteiger partial charge in [0.2, 0.25) is 10.0 Å². The maximum atomic E-state index is 13.3. The lowest BCUT2D eigenvalue weighted by molar-refractivity contribution is -0.139. The number of benzene rings is 2. The number of nitrogens with zero attached hydrogens (tertiary/aromatic N) is 2. The summed E-state index contributed by atoms with van der Waals surface area (Å²) in [5, 5.41) is 18.3. The van der Waals surface area contributed by atoms with Crippen molar-refractivity contribution in [2.75, 3.05) is 23.7 Å². The fourth-order valence-corrected chi connectivity index (χ4v) is 6.79. The molecule has 0 aliphatic carbocycles. The molecule has 14 heteroatoms. The van der Waals surface area contributed by atoms with Crippen LogP contribution in [-0.4, -0.2) is 58.9 Å². The van der Waals surface area contributed by atoms with E-state index >= 15 is 0 Å². The third-order valence-electron chi connectivity index (χ3n) is 6.40. The number of halogens is 2. The van der Waals surface area contributed by atoms with E-state index in [1.54, 1.807) is 42.5 Å². The highest BCUT2D eigenvalue weighted by atomic mass is 35.5. The summed E-state index contributed by atoms with van der Waals surface area (Å²) in [4.78, 5) is 28.5. The second-order valence-electron chi connectivity index (χ2n) is 9.28. The molecule has 0 radical (unpaired) electrons. The average Bonchev–Trinajstić information content (AvgIpc) is 2.94. The smallest absolute Gasteiger partial charge is 0.326 e. The van der Waals surface area contributed by atoms with E-state index < -0.39 is 27.9 Å². The van der Waals surface area contributed by atoms with Crippen LogP contribution >= 0.6 is 35.4 Å². The van der Waals surface area contributed by atoms with Crippen LogP contribution in [0.1, 0.15) is 35.2 Å². The molecule has 4 rings (SSSR count). The van der Waals surface area contributed by atoms with Gasteiger partial charge in [0.05, 0.1) is 21.3 Å². The molecule has 1 fully saturated rings. The number of piperidine rings is 1. The zero-order valence-corrected chi connectivity index (χ0v) is 24.8. The number of rotatable bonds is 9. The number of pyridine rings is 1. The first-order valence-electron chi connectivity index (χ1n) is 12.6. The molecule has 4 N–H and O–H groups in total. The molecule has 2 heterocycles. The van der Waals surface area contributed by atoms with Gasteiger partial charge in [-0.2, -0.15) is 4.31 Å². The van der Waals surface area contributed by atoms with E-state index in [1.807, 2.05) is 0 Å². The van der Waals surface area contributed by atoms with Crippen LogP contribution in [-0.2, 0) is 21.2 Å². The monoisotopic (exact) mass is 635 g/mol. The Morgan fingerprint density at radius 3 is 2.24 bits per heavy atom. The third kappa shape index (κ3) is 7.72. The summed E-state index contributed by atoms with van der Waals surface area (Å²) in [5.41, 5.74) is 1.45. The average molecular weight is 637 g/mol. The molecule has 3 aromatic rings. The first-order valence-corrected chi connectivity index (χ1v) is 15.3. The van der Waals surface area contributed by atoms with Gasteiger partial charge in [-0.25, -0.2) is 13.2 Å². The van der Waals surface area contributed by atoms with Crippen LogP contribution in [0.3, 0.4) is 0 Å². The summed E-state index contributed by atoms with van der Waals surface area (Å²) in [6, 6.07) is 11.8. The SMILES string of the molecule is O=C(Nc1ccc(CC(NC(=S)Nc2ccccc2S(=O)(=O)N2CCCCC2)C(=O)O)cc1)c1c(Cl)cncc1Cl. The summed E-state index contributed by atoms with van der Waals surface area (Å²) in [6.07, 6.45) is 5.28. The molecular weight excluding hydrogens is 609 g/mol. The second kappa shape index (κ2) is 13.6. The van der Waals surface area contributed by atoms with Gasteiger partial charge in [0, 0.05) is 37.6 Å². The molecule has 1 unspecified atom stereocenters. The van der Waals surface area contributed by atoms with E-state index in [2.05, 4.69) is 20.9 Å². The van der Waals surface area contributed by atoms with Gasteiger partial charge < -0.3 is 21.1 Å². The first-order chi connectivity index (χ1) is 19.6. The van der Waals surface area contributed by atoms with Crippen LogP contribution in [0.4, 0.5) is 11.4 Å². The molecule has 1 aliphatic heterocycles. The molecule has 1 atom stereocenters. The summed E-state index contributed by atoms with van der Waals surface area (Å²) >= 11 is 17.4. The number of thiocarbonyl (C=S) groups is 1. The molecule has 0 spiro atoms. The van der Waals surface area contributed by atoms with Crippen LogP contribution in [0.15, 0.2) is 65.8 Å². The number of amides is 1. The predicted molar refractivity (Wildman–Crippen MR) is 162 cm³/mol. The predicted octanol–water partition coefficient (Wildman–Crippen LogP) is 4.80. The van der Waals surface area contributed by atoms with Gasteiger partial charge in [-0.05, 0) is 54.9 Å². The maximum Gasteiger partial charge on any atom is 0.326 e. The Bertz CT molecular complexity index is 1530. The fraction of sp³-hybridized carbons (Fsp3) is 0.259. The summed E-state index contributed by atoms with van der Waals surface area (Å²) in [5.74, 6) is -1.66. The van der Waals surface area contributed by atoms with Crippen molar-refractivity contribution in [1.82, 2.24) is 14.6 Å². The van der Waals surface area contributed by atoms with Crippen LogP contribution < -0.4 is 16.0 Å². The van der Waals surface area contributed by atoms with E-state index in [1.165, 1.54) is 22.8 Å². The third-order valence-corrected chi connectivity index (χ3v) is 9.15. The number of aromatic nitrogens is 1. The summed E-state index contributed by atoms with van der Waals surface area (Å²) < 4.78 is 28.0. The largest absolute Gasteiger partial charge is 0.480 e. The molecule has 216 valence electrons. The number of hydrogen-bond donors (Lipinski definition) is 4. The molecule has 1 saturated heterocycles. The topological polar surface area (TPSA) is 141 Å². The number of carbonyl (C=O) groups is 2. The summed E-state index contributed by atoms with van der Waals surface area (Å²) in [6.45, 7) is 0.905. The van der Waals surface area contributed by atoms with Gasteiger partial charge in [-0.3, -0.25) is 9.78 Å². The van der Waals surface area contributed by atoms with Crippen molar-refractivity contribution in [3.63, 3.8) is 0 Å². The van der Waals surface area contributed by atoms with Gasteiger partial charge >= 0.3 is 5.97 Å². The Kier molecular flexibility index (Phi) is 10.2. The molecule has 1 aliphatic rings. The van der Waals surface area contributed by atoms with Crippen molar-refractivity contribution in [1.29, 1.82) is 0 Å². The minimum Gasteiger partial charge on any atom is -0.480 e. The lowest BCUT2D eigenvalue weighted by Gasteiger charge is -2.27. The number of para-hydroxylation sites is 1. The number of sulfonamides is 1. The minimum absolute atomic E-state index is 0.0336. The van der Waals surface area contributed by atoms with Crippen LogP contribution in [0.2, 0.25) is 10.0 Å².